The fourth-order valence-corrected chi connectivity index (χ4v) is 2.73. The molecule has 0 radical (unpaired) electrons. The van der Waals surface area contributed by atoms with Gasteiger partial charge >= 0.3 is 0 Å². The second kappa shape index (κ2) is 9.60. The smallest absolute Gasteiger partial charge is 0.266 e. The molecule has 138 valence electrons. The number of carbonyl (C=O) groups is 1. The van der Waals surface area contributed by atoms with Crippen LogP contribution in [0.5, 0.6) is 11.5 Å². The van der Waals surface area contributed by atoms with Crippen molar-refractivity contribution in [1.29, 1.82) is 5.26 Å². The van der Waals surface area contributed by atoms with Crippen LogP contribution in [0.1, 0.15) is 11.1 Å². The Morgan fingerprint density at radius 1 is 1.33 bits per heavy atom. The van der Waals surface area contributed by atoms with Crippen LogP contribution in [0.25, 0.3) is 6.08 Å². The van der Waals surface area contributed by atoms with Crippen molar-refractivity contribution in [3.05, 3.63) is 70.2 Å². The van der Waals surface area contributed by atoms with Crippen LogP contribution in [0.2, 0.25) is 0 Å². The van der Waals surface area contributed by atoms with Crippen molar-refractivity contribution in [3.63, 3.8) is 0 Å². The van der Waals surface area contributed by atoms with Crippen LogP contribution in [-0.4, -0.2) is 19.6 Å². The number of nitrogens with zero attached hydrogens (tertiary/aromatic N) is 1. The first-order valence-corrected chi connectivity index (χ1v) is 8.89. The zero-order chi connectivity index (χ0) is 19.8. The molecule has 0 saturated carbocycles. The van der Waals surface area contributed by atoms with Crippen LogP contribution in [0, 0.1) is 18.3 Å². The van der Waals surface area contributed by atoms with Crippen LogP contribution >= 0.6 is 15.9 Å². The number of methoxy groups -OCH3 is 1. The molecule has 0 aliphatic carbocycles. The molecule has 1 N–H and O–H groups in total. The van der Waals surface area contributed by atoms with E-state index in [1.807, 2.05) is 31.2 Å². The predicted octanol–water partition coefficient (Wildman–Crippen LogP) is 4.88. The number of rotatable bonds is 7. The SMILES string of the molecule is C=CCOc1cc(Br)c(/C=C(/C#N)C(=O)Nc2ccccc2C)cc1OC. The maximum atomic E-state index is 12.5. The largest absolute Gasteiger partial charge is 0.493 e. The molecule has 0 fully saturated rings. The van der Waals surface area contributed by atoms with E-state index in [2.05, 4.69) is 27.8 Å². The lowest BCUT2D eigenvalue weighted by Gasteiger charge is -2.12. The van der Waals surface area contributed by atoms with Crippen LogP contribution < -0.4 is 14.8 Å². The van der Waals surface area contributed by atoms with E-state index in [0.29, 0.717) is 33.8 Å². The Morgan fingerprint density at radius 2 is 2.07 bits per heavy atom. The van der Waals surface area contributed by atoms with Crippen molar-refractivity contribution in [1.82, 2.24) is 0 Å². The third kappa shape index (κ3) is 5.22. The molecule has 0 unspecified atom stereocenters. The molecular weight excluding hydrogens is 408 g/mol. The highest BCUT2D eigenvalue weighted by atomic mass is 79.9. The molecule has 27 heavy (non-hydrogen) atoms. The quantitative estimate of drug-likeness (QED) is 0.389. The summed E-state index contributed by atoms with van der Waals surface area (Å²) in [6.45, 7) is 5.83. The summed E-state index contributed by atoms with van der Waals surface area (Å²) < 4.78 is 11.5. The summed E-state index contributed by atoms with van der Waals surface area (Å²) in [6.07, 6.45) is 3.13. The Bertz CT molecular complexity index is 930. The number of aryl methyl sites for hydroxylation is 1. The number of para-hydroxylation sites is 1. The van der Waals surface area contributed by atoms with E-state index in [0.717, 1.165) is 5.56 Å². The monoisotopic (exact) mass is 426 g/mol. The molecule has 2 rings (SSSR count). The summed E-state index contributed by atoms with van der Waals surface area (Å²) >= 11 is 3.44. The van der Waals surface area contributed by atoms with E-state index in [-0.39, 0.29) is 5.57 Å². The number of nitrogens with one attached hydrogen (secondary N) is 1. The Kier molecular flexibility index (Phi) is 7.21. The zero-order valence-corrected chi connectivity index (χ0v) is 16.7. The number of carbonyl (C=O) groups excluding carboxylic acids is 1. The second-order valence-corrected chi connectivity index (χ2v) is 6.42. The van der Waals surface area contributed by atoms with Crippen molar-refractivity contribution in [2.45, 2.75) is 6.92 Å². The number of amides is 1. The predicted molar refractivity (Wildman–Crippen MR) is 110 cm³/mol. The molecule has 5 nitrogen and oxygen atoms in total. The Labute approximate surface area is 167 Å². The summed E-state index contributed by atoms with van der Waals surface area (Å²) in [5, 5.41) is 12.2. The van der Waals surface area contributed by atoms with Gasteiger partial charge in [-0.15, -0.1) is 0 Å². The zero-order valence-electron chi connectivity index (χ0n) is 15.1. The molecule has 0 heterocycles. The lowest BCUT2D eigenvalue weighted by molar-refractivity contribution is -0.112. The molecule has 2 aromatic rings. The van der Waals surface area contributed by atoms with Crippen LogP contribution in [-0.2, 0) is 4.79 Å². The van der Waals surface area contributed by atoms with Crippen molar-refractivity contribution in [2.75, 3.05) is 19.0 Å². The van der Waals surface area contributed by atoms with E-state index < -0.39 is 5.91 Å². The van der Waals surface area contributed by atoms with Crippen molar-refractivity contribution in [2.24, 2.45) is 0 Å². The Morgan fingerprint density at radius 3 is 2.70 bits per heavy atom. The van der Waals surface area contributed by atoms with Crippen LogP contribution in [0.4, 0.5) is 5.69 Å². The minimum atomic E-state index is -0.482. The third-order valence-electron chi connectivity index (χ3n) is 3.70. The molecule has 2 aromatic carbocycles. The number of anilines is 1. The first kappa shape index (κ1) is 20.3. The highest BCUT2D eigenvalue weighted by Gasteiger charge is 2.14. The van der Waals surface area contributed by atoms with Gasteiger partial charge in [0.2, 0.25) is 0 Å². The minimum absolute atomic E-state index is 0.0271. The van der Waals surface area contributed by atoms with E-state index in [1.54, 1.807) is 24.3 Å². The molecule has 6 heteroatoms. The standard InChI is InChI=1S/C21H19BrN2O3/c1-4-9-27-20-12-17(22)15(11-19(20)26-3)10-16(13-23)21(25)24-18-8-6-5-7-14(18)2/h4-8,10-12H,1,9H2,2-3H3,(H,24,25)/b16-10-. The summed E-state index contributed by atoms with van der Waals surface area (Å²) in [5.74, 6) is 0.539. The van der Waals surface area contributed by atoms with Crippen molar-refractivity contribution < 1.29 is 14.3 Å². The van der Waals surface area contributed by atoms with Gasteiger partial charge in [-0.1, -0.05) is 46.8 Å². The lowest BCUT2D eigenvalue weighted by atomic mass is 10.1. The number of nitriles is 1. The summed E-state index contributed by atoms with van der Waals surface area (Å²) in [7, 11) is 1.52. The lowest BCUT2D eigenvalue weighted by Crippen LogP contribution is -2.14. The van der Waals surface area contributed by atoms with Gasteiger partial charge in [0.1, 0.15) is 18.2 Å². The molecule has 0 saturated heterocycles. The number of hydrogen-bond donors (Lipinski definition) is 1. The van der Waals surface area contributed by atoms with Gasteiger partial charge in [-0.3, -0.25) is 4.79 Å². The molecular formula is C21H19BrN2O3. The molecule has 1 amide bonds. The van der Waals surface area contributed by atoms with E-state index in [4.69, 9.17) is 9.47 Å². The van der Waals surface area contributed by atoms with Gasteiger partial charge < -0.3 is 14.8 Å². The van der Waals surface area contributed by atoms with Crippen LogP contribution in [0.3, 0.4) is 0 Å². The molecule has 0 aromatic heterocycles. The molecule has 0 spiro atoms. The minimum Gasteiger partial charge on any atom is -0.493 e. The third-order valence-corrected chi connectivity index (χ3v) is 4.38. The van der Waals surface area contributed by atoms with Crippen molar-refractivity contribution in [3.8, 4) is 17.6 Å². The van der Waals surface area contributed by atoms with E-state index in [9.17, 15) is 10.1 Å². The van der Waals surface area contributed by atoms with E-state index in [1.165, 1.54) is 13.2 Å². The molecule has 0 aliphatic heterocycles. The van der Waals surface area contributed by atoms with Crippen LogP contribution in [0.15, 0.2) is 59.1 Å². The highest BCUT2D eigenvalue weighted by molar-refractivity contribution is 9.10. The second-order valence-electron chi connectivity index (χ2n) is 5.56. The van der Waals surface area contributed by atoms with E-state index >= 15 is 0 Å². The van der Waals surface area contributed by atoms with Gasteiger partial charge in [-0.2, -0.15) is 5.26 Å². The number of hydrogen-bond acceptors (Lipinski definition) is 4. The van der Waals surface area contributed by atoms with Crippen molar-refractivity contribution >= 4 is 33.6 Å². The average Bonchev–Trinajstić information content (AvgIpc) is 2.67. The van der Waals surface area contributed by atoms with Gasteiger partial charge in [-0.05, 0) is 42.3 Å². The van der Waals surface area contributed by atoms with Gasteiger partial charge in [-0.25, -0.2) is 0 Å². The first-order chi connectivity index (χ1) is 13.0. The summed E-state index contributed by atoms with van der Waals surface area (Å²) in [4.78, 5) is 12.5. The van der Waals surface area contributed by atoms with Gasteiger partial charge in [0.05, 0.1) is 7.11 Å². The highest BCUT2D eigenvalue weighted by Crippen LogP contribution is 2.34. The Balaban J connectivity index is 2.34. The number of ether oxygens (including phenoxy) is 2. The maximum absolute atomic E-state index is 12.5. The fraction of sp³-hybridized carbons (Fsp3) is 0.143. The average molecular weight is 427 g/mol. The number of halogens is 1. The normalized spacial score (nSPS) is 10.7. The maximum Gasteiger partial charge on any atom is 0.266 e. The topological polar surface area (TPSA) is 71.3 Å². The number of benzene rings is 2. The summed E-state index contributed by atoms with van der Waals surface area (Å²) in [5.41, 5.74) is 2.17. The summed E-state index contributed by atoms with van der Waals surface area (Å²) in [6, 6.07) is 12.7. The van der Waals surface area contributed by atoms with Gasteiger partial charge in [0.25, 0.3) is 5.91 Å². The molecule has 0 bridgehead atoms. The molecule has 0 atom stereocenters. The fourth-order valence-electron chi connectivity index (χ4n) is 2.29. The Hall–Kier alpha value is -3.04. The first-order valence-electron chi connectivity index (χ1n) is 8.10. The molecule has 0 aliphatic rings. The van der Waals surface area contributed by atoms with Gasteiger partial charge in [0.15, 0.2) is 11.5 Å². The van der Waals surface area contributed by atoms with Gasteiger partial charge in [0, 0.05) is 10.2 Å².